The standard InChI is InChI=1S/C14H14O3.C5H12/c1-9-7-11(15)3-5-13(9)17-14-6-4-12(16)8-10(14)2;1-4-5(2)3/h3-8,15-16H,1-2H3;5H,4H2,1-3H3. The van der Waals surface area contributed by atoms with E-state index in [0.29, 0.717) is 11.5 Å². The lowest BCUT2D eigenvalue weighted by Gasteiger charge is -2.11. The van der Waals surface area contributed by atoms with E-state index in [1.54, 1.807) is 36.4 Å². The van der Waals surface area contributed by atoms with Gasteiger partial charge in [0.25, 0.3) is 0 Å². The number of hydrogen-bond acceptors (Lipinski definition) is 3. The van der Waals surface area contributed by atoms with Crippen LogP contribution in [0.3, 0.4) is 0 Å². The minimum atomic E-state index is 0.220. The zero-order valence-corrected chi connectivity index (χ0v) is 14.1. The van der Waals surface area contributed by atoms with Crippen molar-refractivity contribution in [3.63, 3.8) is 0 Å². The highest BCUT2D eigenvalue weighted by Crippen LogP contribution is 2.31. The second kappa shape index (κ2) is 8.32. The summed E-state index contributed by atoms with van der Waals surface area (Å²) in [6.07, 6.45) is 1.31. The van der Waals surface area contributed by atoms with Crippen LogP contribution in [-0.4, -0.2) is 10.2 Å². The highest BCUT2D eigenvalue weighted by Gasteiger charge is 2.05. The number of ether oxygens (including phenoxy) is 1. The van der Waals surface area contributed by atoms with Crippen molar-refractivity contribution in [3.8, 4) is 23.0 Å². The predicted octanol–water partition coefficient (Wildman–Crippen LogP) is 5.56. The fourth-order valence-corrected chi connectivity index (χ4v) is 1.61. The lowest BCUT2D eigenvalue weighted by atomic mass is 10.2. The van der Waals surface area contributed by atoms with Crippen LogP contribution in [0.4, 0.5) is 0 Å². The number of phenols is 2. The van der Waals surface area contributed by atoms with Crippen molar-refractivity contribution in [2.45, 2.75) is 41.0 Å². The van der Waals surface area contributed by atoms with Crippen LogP contribution in [0.25, 0.3) is 0 Å². The van der Waals surface area contributed by atoms with Gasteiger partial charge in [0, 0.05) is 0 Å². The number of aryl methyl sites for hydroxylation is 2. The maximum absolute atomic E-state index is 9.31. The summed E-state index contributed by atoms with van der Waals surface area (Å²) in [5.74, 6) is 2.71. The third-order valence-electron chi connectivity index (χ3n) is 3.35. The first-order chi connectivity index (χ1) is 10.3. The summed E-state index contributed by atoms with van der Waals surface area (Å²) in [6, 6.07) is 9.89. The molecule has 0 fully saturated rings. The van der Waals surface area contributed by atoms with E-state index in [9.17, 15) is 10.2 Å². The van der Waals surface area contributed by atoms with E-state index in [2.05, 4.69) is 20.8 Å². The molecule has 22 heavy (non-hydrogen) atoms. The Hall–Kier alpha value is -2.16. The van der Waals surface area contributed by atoms with E-state index in [1.807, 2.05) is 13.8 Å². The van der Waals surface area contributed by atoms with Gasteiger partial charge >= 0.3 is 0 Å². The fourth-order valence-electron chi connectivity index (χ4n) is 1.61. The van der Waals surface area contributed by atoms with Gasteiger partial charge in [0.2, 0.25) is 0 Å². The Kier molecular flexibility index (Phi) is 6.77. The van der Waals surface area contributed by atoms with Crippen LogP contribution in [0.2, 0.25) is 0 Å². The highest BCUT2D eigenvalue weighted by atomic mass is 16.5. The maximum Gasteiger partial charge on any atom is 0.130 e. The molecule has 0 saturated carbocycles. The van der Waals surface area contributed by atoms with Crippen molar-refractivity contribution < 1.29 is 14.9 Å². The number of phenolic OH excluding ortho intramolecular Hbond substituents is 2. The largest absolute Gasteiger partial charge is 0.508 e. The first kappa shape index (κ1) is 17.9. The molecule has 0 aromatic heterocycles. The van der Waals surface area contributed by atoms with Gasteiger partial charge in [-0.1, -0.05) is 27.2 Å². The molecule has 0 aliphatic heterocycles. The topological polar surface area (TPSA) is 49.7 Å². The van der Waals surface area contributed by atoms with Gasteiger partial charge in [-0.05, 0) is 67.3 Å². The minimum absolute atomic E-state index is 0.220. The molecule has 0 aliphatic rings. The van der Waals surface area contributed by atoms with Gasteiger partial charge in [-0.15, -0.1) is 0 Å². The van der Waals surface area contributed by atoms with E-state index in [1.165, 1.54) is 6.42 Å². The molecule has 0 saturated heterocycles. The Bertz CT molecular complexity index is 554. The van der Waals surface area contributed by atoms with Crippen LogP contribution in [0.5, 0.6) is 23.0 Å². The Morgan fingerprint density at radius 3 is 1.50 bits per heavy atom. The Morgan fingerprint density at radius 2 is 1.23 bits per heavy atom. The predicted molar refractivity (Wildman–Crippen MR) is 90.9 cm³/mol. The van der Waals surface area contributed by atoms with Gasteiger partial charge in [0.05, 0.1) is 0 Å². The van der Waals surface area contributed by atoms with Gasteiger partial charge in [0.15, 0.2) is 0 Å². The van der Waals surface area contributed by atoms with Gasteiger partial charge in [0.1, 0.15) is 23.0 Å². The van der Waals surface area contributed by atoms with Gasteiger partial charge < -0.3 is 14.9 Å². The van der Waals surface area contributed by atoms with Crippen LogP contribution in [-0.2, 0) is 0 Å². The number of hydrogen-bond donors (Lipinski definition) is 2. The summed E-state index contributed by atoms with van der Waals surface area (Å²) in [5, 5.41) is 18.6. The second-order valence-corrected chi connectivity index (χ2v) is 5.80. The van der Waals surface area contributed by atoms with E-state index in [-0.39, 0.29) is 11.5 Å². The summed E-state index contributed by atoms with van der Waals surface area (Å²) in [5.41, 5.74) is 1.72. The number of aromatic hydroxyl groups is 2. The molecule has 0 amide bonds. The van der Waals surface area contributed by atoms with Crippen molar-refractivity contribution in [3.05, 3.63) is 47.5 Å². The van der Waals surface area contributed by atoms with Gasteiger partial charge in [-0.2, -0.15) is 0 Å². The lowest BCUT2D eigenvalue weighted by molar-refractivity contribution is 0.454. The molecule has 2 rings (SSSR count). The maximum atomic E-state index is 9.31. The van der Waals surface area contributed by atoms with E-state index in [4.69, 9.17) is 4.74 Å². The Balaban J connectivity index is 0.000000422. The van der Waals surface area contributed by atoms with E-state index >= 15 is 0 Å². The summed E-state index contributed by atoms with van der Waals surface area (Å²) in [7, 11) is 0. The average Bonchev–Trinajstić information content (AvgIpc) is 2.45. The van der Waals surface area contributed by atoms with Crippen molar-refractivity contribution in [2.75, 3.05) is 0 Å². The van der Waals surface area contributed by atoms with Gasteiger partial charge in [-0.3, -0.25) is 0 Å². The normalized spacial score (nSPS) is 10.1. The molecule has 0 radical (unpaired) electrons. The van der Waals surface area contributed by atoms with Crippen LogP contribution in [0.1, 0.15) is 38.3 Å². The molecule has 0 bridgehead atoms. The molecular formula is C19H26O3. The molecule has 3 nitrogen and oxygen atoms in total. The molecule has 2 aromatic carbocycles. The monoisotopic (exact) mass is 302 g/mol. The third kappa shape index (κ3) is 5.68. The highest BCUT2D eigenvalue weighted by molar-refractivity contribution is 5.45. The van der Waals surface area contributed by atoms with Gasteiger partial charge in [-0.25, -0.2) is 0 Å². The summed E-state index contributed by atoms with van der Waals surface area (Å²) < 4.78 is 5.73. The first-order valence-corrected chi connectivity index (χ1v) is 7.60. The smallest absolute Gasteiger partial charge is 0.130 e. The lowest BCUT2D eigenvalue weighted by Crippen LogP contribution is -1.89. The molecule has 0 atom stereocenters. The quantitative estimate of drug-likeness (QED) is 0.780. The summed E-state index contributed by atoms with van der Waals surface area (Å²) in [4.78, 5) is 0. The number of rotatable bonds is 3. The summed E-state index contributed by atoms with van der Waals surface area (Å²) >= 11 is 0. The average molecular weight is 302 g/mol. The minimum Gasteiger partial charge on any atom is -0.508 e. The van der Waals surface area contributed by atoms with Crippen molar-refractivity contribution in [1.29, 1.82) is 0 Å². The van der Waals surface area contributed by atoms with E-state index < -0.39 is 0 Å². The SMILES string of the molecule is CCC(C)C.Cc1cc(O)ccc1Oc1ccc(O)cc1C. The molecular weight excluding hydrogens is 276 g/mol. The molecule has 2 N–H and O–H groups in total. The summed E-state index contributed by atoms with van der Waals surface area (Å²) in [6.45, 7) is 10.4. The first-order valence-electron chi connectivity index (χ1n) is 7.60. The molecule has 2 aromatic rings. The zero-order chi connectivity index (χ0) is 16.7. The zero-order valence-electron chi connectivity index (χ0n) is 14.1. The molecule has 120 valence electrons. The van der Waals surface area contributed by atoms with Crippen LogP contribution in [0, 0.1) is 19.8 Å². The molecule has 0 heterocycles. The van der Waals surface area contributed by atoms with Crippen LogP contribution < -0.4 is 4.74 Å². The molecule has 3 heteroatoms. The van der Waals surface area contributed by atoms with E-state index in [0.717, 1.165) is 17.0 Å². The van der Waals surface area contributed by atoms with Crippen molar-refractivity contribution in [2.24, 2.45) is 5.92 Å². The Labute approximate surface area is 133 Å². The Morgan fingerprint density at radius 1 is 0.864 bits per heavy atom. The molecule has 0 spiro atoms. The number of benzene rings is 2. The molecule has 0 aliphatic carbocycles. The van der Waals surface area contributed by atoms with Crippen LogP contribution in [0.15, 0.2) is 36.4 Å². The second-order valence-electron chi connectivity index (χ2n) is 5.80. The third-order valence-corrected chi connectivity index (χ3v) is 3.35. The van der Waals surface area contributed by atoms with Crippen molar-refractivity contribution >= 4 is 0 Å². The van der Waals surface area contributed by atoms with Crippen LogP contribution >= 0.6 is 0 Å². The molecule has 0 unspecified atom stereocenters. The van der Waals surface area contributed by atoms with Crippen molar-refractivity contribution in [1.82, 2.24) is 0 Å². The fraction of sp³-hybridized carbons (Fsp3) is 0.368.